The Balaban J connectivity index is 2.06. The van der Waals surface area contributed by atoms with Crippen LogP contribution < -0.4 is 0 Å². The molecule has 0 unspecified atom stereocenters. The predicted molar refractivity (Wildman–Crippen MR) is 68.7 cm³/mol. The van der Waals surface area contributed by atoms with Crippen LogP contribution in [0.3, 0.4) is 0 Å². The van der Waals surface area contributed by atoms with Crippen LogP contribution in [0, 0.1) is 17.3 Å². The number of hydrogen-bond donors (Lipinski definition) is 1. The summed E-state index contributed by atoms with van der Waals surface area (Å²) in [5.74, 6) is 0.548. The maximum atomic E-state index is 10.9. The summed E-state index contributed by atoms with van der Waals surface area (Å²) in [5, 5.41) is 8.96. The van der Waals surface area contributed by atoms with E-state index in [1.807, 2.05) is 6.08 Å². The molecule has 3 atom stereocenters. The van der Waals surface area contributed by atoms with Gasteiger partial charge < -0.3 is 5.11 Å². The van der Waals surface area contributed by atoms with Crippen molar-refractivity contribution in [3.05, 3.63) is 23.8 Å². The van der Waals surface area contributed by atoms with Crippen molar-refractivity contribution in [2.24, 2.45) is 17.3 Å². The third-order valence-corrected chi connectivity index (χ3v) is 4.98. The Morgan fingerprint density at radius 3 is 2.59 bits per heavy atom. The van der Waals surface area contributed by atoms with Gasteiger partial charge in [0.15, 0.2) is 0 Å². The molecule has 0 aromatic carbocycles. The lowest BCUT2D eigenvalue weighted by Crippen LogP contribution is -2.44. The Kier molecular flexibility index (Phi) is 3.15. The Labute approximate surface area is 103 Å². The molecule has 94 valence electrons. The van der Waals surface area contributed by atoms with Gasteiger partial charge in [-0.3, -0.25) is 0 Å². The molecule has 0 saturated heterocycles. The highest BCUT2D eigenvalue weighted by Crippen LogP contribution is 2.57. The van der Waals surface area contributed by atoms with Crippen molar-refractivity contribution in [3.63, 3.8) is 0 Å². The number of aliphatic carboxylic acids is 1. The Morgan fingerprint density at radius 2 is 2.24 bits per heavy atom. The van der Waals surface area contributed by atoms with Crippen molar-refractivity contribution in [1.82, 2.24) is 0 Å². The molecule has 0 radical (unpaired) electrons. The number of carboxylic acid groups (broad SMARTS) is 1. The lowest BCUT2D eigenvalue weighted by atomic mass is 9.51. The van der Waals surface area contributed by atoms with Crippen molar-refractivity contribution in [2.75, 3.05) is 0 Å². The molecule has 2 aliphatic rings. The Bertz CT molecular complexity index is 380. The third-order valence-electron chi connectivity index (χ3n) is 4.98. The molecule has 0 bridgehead atoms. The topological polar surface area (TPSA) is 37.3 Å². The summed E-state index contributed by atoms with van der Waals surface area (Å²) in [5.41, 5.74) is 2.27. The molecule has 2 aliphatic carbocycles. The second-order valence-corrected chi connectivity index (χ2v) is 5.95. The Morgan fingerprint density at radius 1 is 1.53 bits per heavy atom. The maximum Gasteiger partial charge on any atom is 0.331 e. The molecule has 0 aliphatic heterocycles. The summed E-state index contributed by atoms with van der Waals surface area (Å²) in [7, 11) is 0. The van der Waals surface area contributed by atoms with Crippen LogP contribution in [0.2, 0.25) is 0 Å². The van der Waals surface area contributed by atoms with E-state index >= 15 is 0 Å². The first-order chi connectivity index (χ1) is 7.95. The van der Waals surface area contributed by atoms with Crippen molar-refractivity contribution < 1.29 is 9.90 Å². The Hall–Kier alpha value is -1.05. The molecular formula is C15H22O2. The molecule has 0 spiro atoms. The molecular weight excluding hydrogens is 212 g/mol. The average molecular weight is 234 g/mol. The molecule has 2 rings (SSSR count). The van der Waals surface area contributed by atoms with Crippen LogP contribution in [0.25, 0.3) is 0 Å². The standard InChI is InChI=1S/C15H22O2/c1-10(2)13-8-9-15(13,3)12-6-4-11(5-7-12)14(16)17/h4,12-13H,1,5-9H2,2-3H3,(H,16,17)/t12-,13+,15+/m1/s1. The SMILES string of the molecule is C=C(C)[C@@H]1CC[C@@]1(C)[C@@H]1CC=C(C(=O)O)CC1. The molecule has 2 heteroatoms. The largest absolute Gasteiger partial charge is 0.478 e. The summed E-state index contributed by atoms with van der Waals surface area (Å²) in [6.07, 6.45) is 7.16. The van der Waals surface area contributed by atoms with Gasteiger partial charge in [0.2, 0.25) is 0 Å². The molecule has 2 nitrogen and oxygen atoms in total. The number of carboxylic acids is 1. The third kappa shape index (κ3) is 2.05. The average Bonchev–Trinajstić information content (AvgIpc) is 2.26. The van der Waals surface area contributed by atoms with Gasteiger partial charge in [-0.25, -0.2) is 4.79 Å². The molecule has 0 amide bonds. The van der Waals surface area contributed by atoms with Crippen LogP contribution in [-0.2, 0) is 4.79 Å². The van der Waals surface area contributed by atoms with Crippen molar-refractivity contribution >= 4 is 5.97 Å². The van der Waals surface area contributed by atoms with E-state index in [4.69, 9.17) is 5.11 Å². The fourth-order valence-electron chi connectivity index (χ4n) is 3.67. The molecule has 1 N–H and O–H groups in total. The van der Waals surface area contributed by atoms with Crippen LogP contribution in [0.1, 0.15) is 46.0 Å². The van der Waals surface area contributed by atoms with E-state index in [1.165, 1.54) is 18.4 Å². The molecule has 0 aromatic rings. The molecule has 0 heterocycles. The lowest BCUT2D eigenvalue weighted by Gasteiger charge is -2.53. The first kappa shape index (κ1) is 12.4. The normalized spacial score (nSPS) is 36.9. The zero-order valence-electron chi connectivity index (χ0n) is 10.8. The molecule has 17 heavy (non-hydrogen) atoms. The molecule has 0 aromatic heterocycles. The summed E-state index contributed by atoms with van der Waals surface area (Å²) in [6, 6.07) is 0. The van der Waals surface area contributed by atoms with Crippen LogP contribution in [0.4, 0.5) is 0 Å². The van der Waals surface area contributed by atoms with E-state index in [9.17, 15) is 4.79 Å². The van der Waals surface area contributed by atoms with Gasteiger partial charge in [-0.2, -0.15) is 0 Å². The monoisotopic (exact) mass is 234 g/mol. The fourth-order valence-corrected chi connectivity index (χ4v) is 3.67. The van der Waals surface area contributed by atoms with Gasteiger partial charge in [0.05, 0.1) is 0 Å². The maximum absolute atomic E-state index is 10.9. The van der Waals surface area contributed by atoms with E-state index in [1.54, 1.807) is 0 Å². The van der Waals surface area contributed by atoms with Gasteiger partial charge in [-0.05, 0) is 56.3 Å². The molecule has 1 saturated carbocycles. The van der Waals surface area contributed by atoms with Gasteiger partial charge in [0.25, 0.3) is 0 Å². The predicted octanol–water partition coefficient (Wildman–Crippen LogP) is 3.79. The first-order valence-corrected chi connectivity index (χ1v) is 6.53. The van der Waals surface area contributed by atoms with E-state index in [-0.39, 0.29) is 0 Å². The highest BCUT2D eigenvalue weighted by molar-refractivity contribution is 5.86. The number of hydrogen-bond acceptors (Lipinski definition) is 1. The minimum Gasteiger partial charge on any atom is -0.478 e. The number of rotatable bonds is 3. The second kappa shape index (κ2) is 4.32. The lowest BCUT2D eigenvalue weighted by molar-refractivity contribution is -0.133. The van der Waals surface area contributed by atoms with Gasteiger partial charge in [0, 0.05) is 5.57 Å². The quantitative estimate of drug-likeness (QED) is 0.754. The van der Waals surface area contributed by atoms with Gasteiger partial charge in [-0.15, -0.1) is 0 Å². The van der Waals surface area contributed by atoms with Crippen molar-refractivity contribution in [2.45, 2.75) is 46.0 Å². The number of carbonyl (C=O) groups is 1. The highest BCUT2D eigenvalue weighted by atomic mass is 16.4. The molecule has 1 fully saturated rings. The van der Waals surface area contributed by atoms with Crippen LogP contribution >= 0.6 is 0 Å². The summed E-state index contributed by atoms with van der Waals surface area (Å²) >= 11 is 0. The van der Waals surface area contributed by atoms with E-state index in [0.29, 0.717) is 22.8 Å². The zero-order valence-corrected chi connectivity index (χ0v) is 10.8. The summed E-state index contributed by atoms with van der Waals surface area (Å²) in [4.78, 5) is 10.9. The second-order valence-electron chi connectivity index (χ2n) is 5.95. The summed E-state index contributed by atoms with van der Waals surface area (Å²) in [6.45, 7) is 8.59. The van der Waals surface area contributed by atoms with E-state index < -0.39 is 5.97 Å². The summed E-state index contributed by atoms with van der Waals surface area (Å²) < 4.78 is 0. The smallest absolute Gasteiger partial charge is 0.331 e. The van der Waals surface area contributed by atoms with Gasteiger partial charge >= 0.3 is 5.97 Å². The first-order valence-electron chi connectivity index (χ1n) is 6.53. The van der Waals surface area contributed by atoms with E-state index in [2.05, 4.69) is 20.4 Å². The number of allylic oxidation sites excluding steroid dienone is 2. The minimum absolute atomic E-state index is 0.367. The van der Waals surface area contributed by atoms with E-state index in [0.717, 1.165) is 19.3 Å². The highest BCUT2D eigenvalue weighted by Gasteiger charge is 2.48. The van der Waals surface area contributed by atoms with Gasteiger partial charge in [0.1, 0.15) is 0 Å². The van der Waals surface area contributed by atoms with Crippen LogP contribution in [0.15, 0.2) is 23.8 Å². The van der Waals surface area contributed by atoms with Crippen molar-refractivity contribution in [3.8, 4) is 0 Å². The minimum atomic E-state index is -0.737. The van der Waals surface area contributed by atoms with Crippen LogP contribution in [0.5, 0.6) is 0 Å². The fraction of sp³-hybridized carbons (Fsp3) is 0.667. The zero-order chi connectivity index (χ0) is 12.6. The van der Waals surface area contributed by atoms with Crippen molar-refractivity contribution in [1.29, 1.82) is 0 Å². The van der Waals surface area contributed by atoms with Gasteiger partial charge in [-0.1, -0.05) is 25.2 Å². The van der Waals surface area contributed by atoms with Crippen LogP contribution in [-0.4, -0.2) is 11.1 Å².